The monoisotopic (exact) mass is 226 g/mol. The number of hydrogen-bond acceptors (Lipinski definition) is 1. The maximum absolute atomic E-state index is 5.04. The van der Waals surface area contributed by atoms with Crippen LogP contribution in [0.25, 0.3) is 0 Å². The van der Waals surface area contributed by atoms with E-state index in [-0.39, 0.29) is 0 Å². The van der Waals surface area contributed by atoms with Crippen LogP contribution in [0.3, 0.4) is 0 Å². The second-order valence-corrected chi connectivity index (χ2v) is 4.09. The fourth-order valence-corrected chi connectivity index (χ4v) is 1.84. The second-order valence-electron chi connectivity index (χ2n) is 2.12. The Kier molecular flexibility index (Phi) is 3.69. The summed E-state index contributed by atoms with van der Waals surface area (Å²) in [5.41, 5.74) is 2.77. The van der Waals surface area contributed by atoms with Crippen molar-refractivity contribution >= 4 is 19.4 Å². The van der Waals surface area contributed by atoms with E-state index in [0.29, 0.717) is 15.0 Å². The summed E-state index contributed by atoms with van der Waals surface area (Å²) in [6.07, 6.45) is 0. The van der Waals surface area contributed by atoms with Gasteiger partial charge in [0.05, 0.1) is 0 Å². The van der Waals surface area contributed by atoms with Crippen LogP contribution in [0.15, 0.2) is 41.6 Å². The molecule has 1 aromatic carbocycles. The van der Waals surface area contributed by atoms with E-state index in [1.807, 2.05) is 17.1 Å². The SMILES string of the molecule is C=C=C[Se]c1ccc(OC)cc1. The predicted octanol–water partition coefficient (Wildman–Crippen LogP) is 1.32. The molecule has 0 aromatic heterocycles. The third-order valence-electron chi connectivity index (χ3n) is 1.34. The first kappa shape index (κ1) is 9.15. The standard InChI is InChI=1S/C10H10OSe/c1-3-8-12-10-6-4-9(11-2)5-7-10/h4-8H,1H2,2H3. The fraction of sp³-hybridized carbons (Fsp3) is 0.100. The van der Waals surface area contributed by atoms with Crippen LogP contribution in [0, 0.1) is 0 Å². The van der Waals surface area contributed by atoms with Gasteiger partial charge in [-0.25, -0.2) is 0 Å². The summed E-state index contributed by atoms with van der Waals surface area (Å²) in [7, 11) is 1.67. The Bertz CT molecular complexity index is 283. The molecule has 0 atom stereocenters. The molecule has 0 fully saturated rings. The van der Waals surface area contributed by atoms with Gasteiger partial charge in [-0.15, -0.1) is 0 Å². The molecular formula is C10H10OSe. The maximum atomic E-state index is 5.04. The minimum absolute atomic E-state index is 0.355. The first-order valence-electron chi connectivity index (χ1n) is 3.52. The van der Waals surface area contributed by atoms with Crippen molar-refractivity contribution < 1.29 is 4.74 Å². The summed E-state index contributed by atoms with van der Waals surface area (Å²) >= 11 is 0.355. The Balaban J connectivity index is 2.70. The Morgan fingerprint density at radius 2 is 2.08 bits per heavy atom. The van der Waals surface area contributed by atoms with Gasteiger partial charge in [-0.05, 0) is 0 Å². The van der Waals surface area contributed by atoms with Crippen LogP contribution >= 0.6 is 0 Å². The molecule has 0 N–H and O–H groups in total. The predicted molar refractivity (Wildman–Crippen MR) is 52.1 cm³/mol. The molecule has 0 amide bonds. The van der Waals surface area contributed by atoms with Crippen LogP contribution < -0.4 is 9.20 Å². The van der Waals surface area contributed by atoms with Crippen molar-refractivity contribution in [2.24, 2.45) is 0 Å². The molecule has 0 aliphatic heterocycles. The quantitative estimate of drug-likeness (QED) is 0.557. The first-order valence-corrected chi connectivity index (χ1v) is 5.36. The van der Waals surface area contributed by atoms with Crippen molar-refractivity contribution in [2.75, 3.05) is 7.11 Å². The number of methoxy groups -OCH3 is 1. The van der Waals surface area contributed by atoms with Crippen LogP contribution in [-0.2, 0) is 0 Å². The van der Waals surface area contributed by atoms with Crippen molar-refractivity contribution in [3.05, 3.63) is 41.6 Å². The van der Waals surface area contributed by atoms with Gasteiger partial charge in [-0.1, -0.05) is 0 Å². The Morgan fingerprint density at radius 1 is 1.42 bits per heavy atom. The number of hydrogen-bond donors (Lipinski definition) is 0. The molecule has 1 nitrogen and oxygen atoms in total. The van der Waals surface area contributed by atoms with Gasteiger partial charge < -0.3 is 0 Å². The summed E-state index contributed by atoms with van der Waals surface area (Å²) in [6.45, 7) is 3.52. The van der Waals surface area contributed by atoms with Crippen molar-refractivity contribution in [1.29, 1.82) is 0 Å². The summed E-state index contributed by atoms with van der Waals surface area (Å²) in [5.74, 6) is 0.900. The summed E-state index contributed by atoms with van der Waals surface area (Å²) in [6, 6.07) is 8.06. The molecule has 0 heterocycles. The summed E-state index contributed by atoms with van der Waals surface area (Å²) in [4.78, 5) is 1.97. The molecule has 1 aromatic rings. The molecular weight excluding hydrogens is 215 g/mol. The van der Waals surface area contributed by atoms with Gasteiger partial charge in [0, 0.05) is 0 Å². The molecule has 12 heavy (non-hydrogen) atoms. The molecule has 0 saturated heterocycles. The van der Waals surface area contributed by atoms with Gasteiger partial charge in [0.15, 0.2) is 0 Å². The van der Waals surface area contributed by atoms with E-state index >= 15 is 0 Å². The van der Waals surface area contributed by atoms with E-state index in [0.717, 1.165) is 5.75 Å². The Labute approximate surface area is 78.9 Å². The van der Waals surface area contributed by atoms with Crippen molar-refractivity contribution in [2.45, 2.75) is 0 Å². The van der Waals surface area contributed by atoms with Gasteiger partial charge >= 0.3 is 78.6 Å². The molecule has 0 bridgehead atoms. The van der Waals surface area contributed by atoms with E-state index in [1.165, 1.54) is 4.46 Å². The third kappa shape index (κ3) is 2.59. The molecule has 0 saturated carbocycles. The molecule has 0 radical (unpaired) electrons. The van der Waals surface area contributed by atoms with Gasteiger partial charge in [0.2, 0.25) is 0 Å². The fourth-order valence-electron chi connectivity index (χ4n) is 0.764. The molecule has 0 aliphatic carbocycles. The molecule has 62 valence electrons. The van der Waals surface area contributed by atoms with Crippen LogP contribution in [0.1, 0.15) is 0 Å². The zero-order chi connectivity index (χ0) is 8.81. The van der Waals surface area contributed by atoms with Crippen molar-refractivity contribution in [3.8, 4) is 5.75 Å². The zero-order valence-electron chi connectivity index (χ0n) is 6.91. The molecule has 0 aliphatic rings. The van der Waals surface area contributed by atoms with E-state index in [1.54, 1.807) is 7.11 Å². The number of benzene rings is 1. The van der Waals surface area contributed by atoms with E-state index in [2.05, 4.69) is 24.4 Å². The Hall–Kier alpha value is -0.941. The van der Waals surface area contributed by atoms with Gasteiger partial charge in [-0.3, -0.25) is 0 Å². The number of rotatable bonds is 3. The van der Waals surface area contributed by atoms with E-state index in [9.17, 15) is 0 Å². The van der Waals surface area contributed by atoms with E-state index in [4.69, 9.17) is 4.74 Å². The Morgan fingerprint density at radius 3 is 2.58 bits per heavy atom. The third-order valence-corrected chi connectivity index (χ3v) is 3.08. The molecule has 0 unspecified atom stereocenters. The second kappa shape index (κ2) is 4.84. The van der Waals surface area contributed by atoms with Crippen LogP contribution in [0.4, 0.5) is 0 Å². The van der Waals surface area contributed by atoms with Gasteiger partial charge in [0.25, 0.3) is 0 Å². The topological polar surface area (TPSA) is 9.23 Å². The first-order chi connectivity index (χ1) is 5.86. The summed E-state index contributed by atoms with van der Waals surface area (Å²) in [5, 5.41) is 0. The molecule has 2 heteroatoms. The average molecular weight is 225 g/mol. The van der Waals surface area contributed by atoms with Crippen LogP contribution in [-0.4, -0.2) is 22.1 Å². The zero-order valence-corrected chi connectivity index (χ0v) is 8.62. The number of ether oxygens (including phenoxy) is 1. The normalized spacial score (nSPS) is 8.75. The van der Waals surface area contributed by atoms with Crippen molar-refractivity contribution in [3.63, 3.8) is 0 Å². The van der Waals surface area contributed by atoms with Crippen molar-refractivity contribution in [1.82, 2.24) is 0 Å². The van der Waals surface area contributed by atoms with E-state index < -0.39 is 0 Å². The minimum atomic E-state index is 0.355. The van der Waals surface area contributed by atoms with Crippen LogP contribution in [0.2, 0.25) is 0 Å². The average Bonchev–Trinajstić information content (AvgIpc) is 2.15. The molecule has 0 spiro atoms. The summed E-state index contributed by atoms with van der Waals surface area (Å²) < 4.78 is 6.35. The van der Waals surface area contributed by atoms with Gasteiger partial charge in [-0.2, -0.15) is 0 Å². The molecule has 1 rings (SSSR count). The van der Waals surface area contributed by atoms with Gasteiger partial charge in [0.1, 0.15) is 0 Å². The van der Waals surface area contributed by atoms with Crippen LogP contribution in [0.5, 0.6) is 5.75 Å².